The van der Waals surface area contributed by atoms with Gasteiger partial charge in [-0.3, -0.25) is 4.79 Å². The van der Waals surface area contributed by atoms with E-state index in [1.807, 2.05) is 24.3 Å². The molecule has 0 unspecified atom stereocenters. The summed E-state index contributed by atoms with van der Waals surface area (Å²) in [7, 11) is 1.56. The fourth-order valence-corrected chi connectivity index (χ4v) is 3.62. The number of nitrogens with one attached hydrogen (secondary N) is 1. The Labute approximate surface area is 153 Å². The number of hydrogen-bond donors (Lipinski definition) is 1. The Morgan fingerprint density at radius 1 is 1.12 bits per heavy atom. The molecule has 0 aliphatic heterocycles. The zero-order chi connectivity index (χ0) is 17.8. The van der Waals surface area contributed by atoms with E-state index >= 15 is 0 Å². The monoisotopic (exact) mass is 375 g/mol. The lowest BCUT2D eigenvalue weighted by atomic mass is 10.2. The summed E-state index contributed by atoms with van der Waals surface area (Å²) in [6, 6.07) is 14.3. The number of carbonyl (C=O) groups is 2. The lowest BCUT2D eigenvalue weighted by molar-refractivity contribution is -0.119. The maximum atomic E-state index is 12.2. The molecule has 0 saturated carbocycles. The zero-order valence-electron chi connectivity index (χ0n) is 13.2. The van der Waals surface area contributed by atoms with Crippen molar-refractivity contribution in [2.24, 2.45) is 0 Å². The molecule has 0 bridgehead atoms. The van der Waals surface area contributed by atoms with Gasteiger partial charge in [-0.05, 0) is 30.3 Å². The predicted molar refractivity (Wildman–Crippen MR) is 98.7 cm³/mol. The number of rotatable bonds is 5. The first-order valence-corrected chi connectivity index (χ1v) is 8.56. The molecule has 1 aromatic heterocycles. The molecule has 3 aromatic rings. The number of benzene rings is 2. The minimum Gasteiger partial charge on any atom is -0.497 e. The molecule has 0 spiro atoms. The number of halogens is 1. The van der Waals surface area contributed by atoms with E-state index < -0.39 is 18.5 Å². The molecule has 7 heteroatoms. The van der Waals surface area contributed by atoms with Gasteiger partial charge in [-0.2, -0.15) is 0 Å². The molecule has 0 aliphatic rings. The quantitative estimate of drug-likeness (QED) is 0.673. The van der Waals surface area contributed by atoms with E-state index in [1.165, 1.54) is 11.3 Å². The number of carbonyl (C=O) groups excluding carboxylic acids is 2. The van der Waals surface area contributed by atoms with E-state index in [-0.39, 0.29) is 0 Å². The second-order valence-corrected chi connectivity index (χ2v) is 6.52. The van der Waals surface area contributed by atoms with Crippen LogP contribution in [0, 0.1) is 0 Å². The second kappa shape index (κ2) is 7.55. The molecule has 25 heavy (non-hydrogen) atoms. The maximum absolute atomic E-state index is 12.2. The first kappa shape index (κ1) is 17.3. The average Bonchev–Trinajstić information content (AvgIpc) is 2.97. The number of methoxy groups -OCH3 is 1. The molecule has 1 N–H and O–H groups in total. The van der Waals surface area contributed by atoms with Crippen molar-refractivity contribution in [1.82, 2.24) is 0 Å². The minimum atomic E-state index is -0.615. The maximum Gasteiger partial charge on any atom is 0.350 e. The summed E-state index contributed by atoms with van der Waals surface area (Å²) in [5.41, 5.74) is 0.585. The summed E-state index contributed by atoms with van der Waals surface area (Å²) in [6.07, 6.45) is 0. The predicted octanol–water partition coefficient (Wildman–Crippen LogP) is 4.36. The first-order valence-electron chi connectivity index (χ1n) is 7.36. The molecule has 5 nitrogen and oxygen atoms in total. The molecule has 1 heterocycles. The van der Waals surface area contributed by atoms with Crippen LogP contribution >= 0.6 is 22.9 Å². The Bertz CT molecular complexity index is 920. The van der Waals surface area contributed by atoms with Crippen LogP contribution in [0.3, 0.4) is 0 Å². The Balaban J connectivity index is 1.60. The third-order valence-electron chi connectivity index (χ3n) is 3.43. The number of ether oxygens (including phenoxy) is 2. The molecule has 0 aliphatic carbocycles. The van der Waals surface area contributed by atoms with E-state index in [0.29, 0.717) is 21.3 Å². The summed E-state index contributed by atoms with van der Waals surface area (Å²) >= 11 is 7.46. The van der Waals surface area contributed by atoms with Gasteiger partial charge in [-0.25, -0.2) is 4.79 Å². The van der Waals surface area contributed by atoms with Crippen molar-refractivity contribution >= 4 is 50.6 Å². The molecular formula is C18H14ClNO4S. The van der Waals surface area contributed by atoms with Gasteiger partial charge in [0.25, 0.3) is 5.91 Å². The van der Waals surface area contributed by atoms with Gasteiger partial charge in [0, 0.05) is 15.8 Å². The van der Waals surface area contributed by atoms with E-state index in [9.17, 15) is 9.59 Å². The standard InChI is InChI=1S/C18H14ClNO4S/c1-23-12-8-6-11(7-9-12)20-15(21)10-24-18(22)17-16(19)13-4-2-3-5-14(13)25-17/h2-9H,10H2,1H3,(H,20,21). The lowest BCUT2D eigenvalue weighted by Crippen LogP contribution is -2.20. The van der Waals surface area contributed by atoms with Crippen LogP contribution in [0.15, 0.2) is 48.5 Å². The molecule has 0 atom stereocenters. The summed E-state index contributed by atoms with van der Waals surface area (Å²) in [5.74, 6) is -0.365. The highest BCUT2D eigenvalue weighted by Crippen LogP contribution is 2.35. The number of esters is 1. The Hall–Kier alpha value is -2.57. The molecule has 1 amide bonds. The average molecular weight is 376 g/mol. The molecule has 2 aromatic carbocycles. The number of thiophene rings is 1. The second-order valence-electron chi connectivity index (χ2n) is 5.09. The van der Waals surface area contributed by atoms with E-state index in [4.69, 9.17) is 21.1 Å². The van der Waals surface area contributed by atoms with E-state index in [0.717, 1.165) is 10.1 Å². The van der Waals surface area contributed by atoms with Crippen LogP contribution in [-0.4, -0.2) is 25.6 Å². The highest BCUT2D eigenvalue weighted by molar-refractivity contribution is 7.21. The van der Waals surface area contributed by atoms with Gasteiger partial charge < -0.3 is 14.8 Å². The van der Waals surface area contributed by atoms with Crippen LogP contribution in [0.2, 0.25) is 5.02 Å². The van der Waals surface area contributed by atoms with Crippen LogP contribution in [0.25, 0.3) is 10.1 Å². The molecular weight excluding hydrogens is 362 g/mol. The van der Waals surface area contributed by atoms with Crippen molar-refractivity contribution in [2.45, 2.75) is 0 Å². The first-order chi connectivity index (χ1) is 12.1. The number of amides is 1. The van der Waals surface area contributed by atoms with Gasteiger partial charge >= 0.3 is 5.97 Å². The van der Waals surface area contributed by atoms with Gasteiger partial charge in [-0.15, -0.1) is 11.3 Å². The van der Waals surface area contributed by atoms with Crippen LogP contribution < -0.4 is 10.1 Å². The highest BCUT2D eigenvalue weighted by atomic mass is 35.5. The SMILES string of the molecule is COc1ccc(NC(=O)COC(=O)c2sc3ccccc3c2Cl)cc1. The van der Waals surface area contributed by atoms with Gasteiger partial charge in [-0.1, -0.05) is 29.8 Å². The van der Waals surface area contributed by atoms with Crippen LogP contribution in [-0.2, 0) is 9.53 Å². The fraction of sp³-hybridized carbons (Fsp3) is 0.111. The summed E-state index contributed by atoms with van der Waals surface area (Å²) in [6.45, 7) is -0.393. The van der Waals surface area contributed by atoms with Crippen molar-refractivity contribution in [3.8, 4) is 5.75 Å². The molecule has 3 rings (SSSR count). The van der Waals surface area contributed by atoms with Crippen molar-refractivity contribution in [2.75, 3.05) is 19.0 Å². The summed E-state index contributed by atoms with van der Waals surface area (Å²) in [4.78, 5) is 24.4. The fourth-order valence-electron chi connectivity index (χ4n) is 2.21. The Morgan fingerprint density at radius 2 is 1.84 bits per heavy atom. The summed E-state index contributed by atoms with van der Waals surface area (Å²) < 4.78 is 11.0. The molecule has 0 fully saturated rings. The largest absolute Gasteiger partial charge is 0.497 e. The zero-order valence-corrected chi connectivity index (χ0v) is 14.8. The van der Waals surface area contributed by atoms with Gasteiger partial charge in [0.05, 0.1) is 12.1 Å². The minimum absolute atomic E-state index is 0.292. The lowest BCUT2D eigenvalue weighted by Gasteiger charge is -2.07. The van der Waals surface area contributed by atoms with Gasteiger partial charge in [0.15, 0.2) is 6.61 Å². The smallest absolute Gasteiger partial charge is 0.350 e. The van der Waals surface area contributed by atoms with Crippen LogP contribution in [0.1, 0.15) is 9.67 Å². The van der Waals surface area contributed by atoms with Crippen molar-refractivity contribution in [1.29, 1.82) is 0 Å². The number of anilines is 1. The van der Waals surface area contributed by atoms with E-state index in [2.05, 4.69) is 5.32 Å². The number of fused-ring (bicyclic) bond motifs is 1. The molecule has 0 saturated heterocycles. The van der Waals surface area contributed by atoms with Crippen LogP contribution in [0.4, 0.5) is 5.69 Å². The Morgan fingerprint density at radius 3 is 2.52 bits per heavy atom. The summed E-state index contributed by atoms with van der Waals surface area (Å²) in [5, 5.41) is 3.78. The van der Waals surface area contributed by atoms with Crippen molar-refractivity contribution in [3.63, 3.8) is 0 Å². The van der Waals surface area contributed by atoms with Crippen molar-refractivity contribution in [3.05, 3.63) is 58.4 Å². The Kier molecular flexibility index (Phi) is 5.21. The van der Waals surface area contributed by atoms with Gasteiger partial charge in [0.1, 0.15) is 10.6 Å². The topological polar surface area (TPSA) is 64.6 Å². The van der Waals surface area contributed by atoms with Crippen molar-refractivity contribution < 1.29 is 19.1 Å². The van der Waals surface area contributed by atoms with E-state index in [1.54, 1.807) is 31.4 Å². The normalized spacial score (nSPS) is 10.5. The third-order valence-corrected chi connectivity index (χ3v) is 5.08. The molecule has 128 valence electrons. The highest BCUT2D eigenvalue weighted by Gasteiger charge is 2.19. The third kappa shape index (κ3) is 3.92. The number of hydrogen-bond acceptors (Lipinski definition) is 5. The van der Waals surface area contributed by atoms with Gasteiger partial charge in [0.2, 0.25) is 0 Å². The molecule has 0 radical (unpaired) electrons. The van der Waals surface area contributed by atoms with Crippen LogP contribution in [0.5, 0.6) is 5.75 Å².